The van der Waals surface area contributed by atoms with Gasteiger partial charge in [-0.3, -0.25) is 4.79 Å². The van der Waals surface area contributed by atoms with Gasteiger partial charge in [0, 0.05) is 6.20 Å². The van der Waals surface area contributed by atoms with Crippen molar-refractivity contribution < 1.29 is 13.2 Å². The summed E-state index contributed by atoms with van der Waals surface area (Å²) >= 11 is 6.75. The fourth-order valence-corrected chi connectivity index (χ4v) is 5.22. The van der Waals surface area contributed by atoms with Gasteiger partial charge in [0.1, 0.15) is 10.3 Å². The van der Waals surface area contributed by atoms with E-state index in [1.54, 1.807) is 12.1 Å². The van der Waals surface area contributed by atoms with Gasteiger partial charge in [0.05, 0.1) is 10.0 Å². The maximum atomic E-state index is 12.8. The molecule has 1 aliphatic heterocycles. The van der Waals surface area contributed by atoms with Crippen LogP contribution >= 0.6 is 22.9 Å². The van der Waals surface area contributed by atoms with Crippen LogP contribution in [0, 0.1) is 0 Å². The van der Waals surface area contributed by atoms with Crippen molar-refractivity contribution >= 4 is 50.4 Å². The number of carbonyl (C=O) groups excluding carboxylic acids is 1. The number of anilines is 2. The number of aromatic nitrogens is 1. The quantitative estimate of drug-likeness (QED) is 0.907. The van der Waals surface area contributed by atoms with E-state index >= 15 is 0 Å². The number of hydrogen-bond donors (Lipinski definition) is 1. The molecule has 1 aliphatic rings. The summed E-state index contributed by atoms with van der Waals surface area (Å²) in [6.07, 6.45) is 1.48. The SMILES string of the molecule is C[C@H]1C(=O)Nc2cccnc2N1S(=O)(=O)c1ccc(Cl)s1. The van der Waals surface area contributed by atoms with Crippen LogP contribution in [0.3, 0.4) is 0 Å². The van der Waals surface area contributed by atoms with E-state index in [0.717, 1.165) is 15.6 Å². The topological polar surface area (TPSA) is 79.4 Å². The maximum Gasteiger partial charge on any atom is 0.275 e. The van der Waals surface area contributed by atoms with Crippen molar-refractivity contribution in [2.45, 2.75) is 17.2 Å². The van der Waals surface area contributed by atoms with Crippen molar-refractivity contribution in [3.63, 3.8) is 0 Å². The monoisotopic (exact) mass is 343 g/mol. The molecule has 0 saturated heterocycles. The predicted octanol–water partition coefficient (Wildman–Crippen LogP) is 2.33. The Labute approximate surface area is 130 Å². The molecular weight excluding hydrogens is 334 g/mol. The minimum Gasteiger partial charge on any atom is -0.321 e. The zero-order chi connectivity index (χ0) is 15.2. The Bertz CT molecular complexity index is 819. The van der Waals surface area contributed by atoms with E-state index in [4.69, 9.17) is 11.6 Å². The maximum absolute atomic E-state index is 12.8. The first-order valence-electron chi connectivity index (χ1n) is 5.97. The van der Waals surface area contributed by atoms with E-state index in [1.165, 1.54) is 25.3 Å². The first-order chi connectivity index (χ1) is 9.91. The zero-order valence-electron chi connectivity index (χ0n) is 10.8. The molecule has 3 rings (SSSR count). The van der Waals surface area contributed by atoms with Crippen LogP contribution in [0.2, 0.25) is 4.34 Å². The predicted molar refractivity (Wildman–Crippen MR) is 81.3 cm³/mol. The van der Waals surface area contributed by atoms with Crippen molar-refractivity contribution in [3.05, 3.63) is 34.8 Å². The number of nitrogens with one attached hydrogen (secondary N) is 1. The molecule has 0 saturated carbocycles. The van der Waals surface area contributed by atoms with Crippen LogP contribution in [-0.2, 0) is 14.8 Å². The summed E-state index contributed by atoms with van der Waals surface area (Å²) in [5.74, 6) is -0.198. The highest BCUT2D eigenvalue weighted by molar-refractivity contribution is 7.94. The molecule has 3 heterocycles. The molecule has 0 unspecified atom stereocenters. The number of thiophene rings is 1. The van der Waals surface area contributed by atoms with E-state index < -0.39 is 22.0 Å². The highest BCUT2D eigenvalue weighted by Gasteiger charge is 2.39. The second kappa shape index (κ2) is 4.97. The Morgan fingerprint density at radius 3 is 2.81 bits per heavy atom. The van der Waals surface area contributed by atoms with Gasteiger partial charge in [-0.2, -0.15) is 0 Å². The highest BCUT2D eigenvalue weighted by Crippen LogP contribution is 2.36. The number of rotatable bonds is 2. The van der Waals surface area contributed by atoms with Crippen molar-refractivity contribution in [1.82, 2.24) is 4.98 Å². The third-order valence-electron chi connectivity index (χ3n) is 3.05. The molecule has 2 aromatic rings. The van der Waals surface area contributed by atoms with Gasteiger partial charge in [-0.15, -0.1) is 11.3 Å². The zero-order valence-corrected chi connectivity index (χ0v) is 13.2. The van der Waals surface area contributed by atoms with Crippen molar-refractivity contribution in [3.8, 4) is 0 Å². The molecule has 1 amide bonds. The van der Waals surface area contributed by atoms with Crippen molar-refractivity contribution in [2.75, 3.05) is 9.62 Å². The number of pyridine rings is 1. The number of hydrogen-bond acceptors (Lipinski definition) is 5. The van der Waals surface area contributed by atoms with Gasteiger partial charge < -0.3 is 5.32 Å². The molecule has 110 valence electrons. The molecule has 0 aromatic carbocycles. The van der Waals surface area contributed by atoms with Crippen LogP contribution in [0.15, 0.2) is 34.7 Å². The Hall–Kier alpha value is -1.64. The molecule has 1 atom stereocenters. The fourth-order valence-electron chi connectivity index (χ4n) is 2.05. The molecule has 0 aliphatic carbocycles. The van der Waals surface area contributed by atoms with Gasteiger partial charge >= 0.3 is 0 Å². The van der Waals surface area contributed by atoms with Crippen LogP contribution in [0.25, 0.3) is 0 Å². The smallest absolute Gasteiger partial charge is 0.275 e. The van der Waals surface area contributed by atoms with E-state index in [-0.39, 0.29) is 10.0 Å². The summed E-state index contributed by atoms with van der Waals surface area (Å²) in [5.41, 5.74) is 0.367. The van der Waals surface area contributed by atoms with Gasteiger partial charge in [-0.05, 0) is 31.2 Å². The second-order valence-corrected chi connectivity index (χ2v) is 8.16. The highest BCUT2D eigenvalue weighted by atomic mass is 35.5. The van der Waals surface area contributed by atoms with E-state index in [0.29, 0.717) is 10.0 Å². The van der Waals surface area contributed by atoms with Crippen molar-refractivity contribution in [2.24, 2.45) is 0 Å². The molecule has 0 bridgehead atoms. The molecule has 2 aromatic heterocycles. The molecule has 0 spiro atoms. The average molecular weight is 344 g/mol. The molecule has 6 nitrogen and oxygen atoms in total. The number of sulfonamides is 1. The summed E-state index contributed by atoms with van der Waals surface area (Å²) < 4.78 is 27.0. The lowest BCUT2D eigenvalue weighted by atomic mass is 10.2. The van der Waals surface area contributed by atoms with Crippen LogP contribution in [-0.4, -0.2) is 25.4 Å². The Kier molecular flexibility index (Phi) is 3.39. The number of carbonyl (C=O) groups is 1. The van der Waals surface area contributed by atoms with E-state index in [9.17, 15) is 13.2 Å². The summed E-state index contributed by atoms with van der Waals surface area (Å²) in [6.45, 7) is 1.51. The normalized spacial score (nSPS) is 18.3. The van der Waals surface area contributed by atoms with Crippen LogP contribution in [0.1, 0.15) is 6.92 Å². The van der Waals surface area contributed by atoms with Gasteiger partial charge in [-0.1, -0.05) is 11.6 Å². The van der Waals surface area contributed by atoms with E-state index in [1.807, 2.05) is 0 Å². The first-order valence-corrected chi connectivity index (χ1v) is 8.60. The van der Waals surface area contributed by atoms with Gasteiger partial charge in [0.2, 0.25) is 5.91 Å². The standard InChI is InChI=1S/C12H10ClN3O3S2/c1-7-12(17)15-8-3-2-6-14-11(8)16(7)21(18,19)10-5-4-9(13)20-10/h2-7H,1H3,(H,15,17)/t7-/m0/s1. The van der Waals surface area contributed by atoms with Gasteiger partial charge in [0.25, 0.3) is 10.0 Å². The third kappa shape index (κ3) is 2.29. The van der Waals surface area contributed by atoms with Crippen LogP contribution in [0.4, 0.5) is 11.5 Å². The second-order valence-electron chi connectivity index (χ2n) is 4.40. The molecular formula is C12H10ClN3O3S2. The lowest BCUT2D eigenvalue weighted by molar-refractivity contribution is -0.117. The Morgan fingerprint density at radius 1 is 1.38 bits per heavy atom. The lowest BCUT2D eigenvalue weighted by Gasteiger charge is -2.33. The molecule has 1 N–H and O–H groups in total. The number of amides is 1. The summed E-state index contributed by atoms with van der Waals surface area (Å²) in [7, 11) is -3.89. The van der Waals surface area contributed by atoms with Gasteiger partial charge in [0.15, 0.2) is 5.82 Å². The molecule has 21 heavy (non-hydrogen) atoms. The van der Waals surface area contributed by atoms with Crippen LogP contribution < -0.4 is 9.62 Å². The van der Waals surface area contributed by atoms with Crippen LogP contribution in [0.5, 0.6) is 0 Å². The number of nitrogens with zero attached hydrogens (tertiary/aromatic N) is 2. The van der Waals surface area contributed by atoms with E-state index in [2.05, 4.69) is 10.3 Å². The summed E-state index contributed by atoms with van der Waals surface area (Å²) in [4.78, 5) is 16.1. The molecule has 0 fully saturated rings. The molecule has 9 heteroatoms. The summed E-state index contributed by atoms with van der Waals surface area (Å²) in [5, 5.41) is 2.64. The molecule has 0 radical (unpaired) electrons. The average Bonchev–Trinajstić information content (AvgIpc) is 2.87. The summed E-state index contributed by atoms with van der Waals surface area (Å²) in [6, 6.07) is 5.27. The fraction of sp³-hybridized carbons (Fsp3) is 0.167. The van der Waals surface area contributed by atoms with Crippen molar-refractivity contribution in [1.29, 1.82) is 0 Å². The minimum atomic E-state index is -3.89. The first kappa shape index (κ1) is 14.3. The Balaban J connectivity index is 2.18. The number of fused-ring (bicyclic) bond motifs is 1. The number of halogens is 1. The minimum absolute atomic E-state index is 0.0747. The van der Waals surface area contributed by atoms with Gasteiger partial charge in [-0.25, -0.2) is 17.7 Å². The lowest BCUT2D eigenvalue weighted by Crippen LogP contribution is -2.49. The third-order valence-corrected chi connectivity index (χ3v) is 6.61. The Morgan fingerprint density at radius 2 is 2.14 bits per heavy atom. The largest absolute Gasteiger partial charge is 0.321 e.